The number of hydrogen-bond acceptors (Lipinski definition) is 12. The third-order valence-corrected chi connectivity index (χ3v) is 12.8. The van der Waals surface area contributed by atoms with E-state index < -0.39 is 74.2 Å². The van der Waals surface area contributed by atoms with Crippen molar-refractivity contribution in [2.24, 2.45) is 0 Å². The predicted molar refractivity (Wildman–Crippen MR) is 315 cm³/mol. The van der Waals surface area contributed by atoms with Crippen LogP contribution in [0.25, 0.3) is 44.5 Å². The van der Waals surface area contributed by atoms with Gasteiger partial charge < -0.3 is 61.5 Å². The van der Waals surface area contributed by atoms with Gasteiger partial charge in [0.25, 0.3) is 0 Å². The Hall–Kier alpha value is -11.3. The second-order valence-electron chi connectivity index (χ2n) is 18.9. The molecule has 8 N–H and O–H groups in total. The lowest BCUT2D eigenvalue weighted by atomic mass is 9.80. The summed E-state index contributed by atoms with van der Waals surface area (Å²) in [6.45, 7) is -1.70. The third kappa shape index (κ3) is 16.4. The monoisotopic (exact) mass is 1130 g/mol. The van der Waals surface area contributed by atoms with E-state index in [1.807, 2.05) is 72.8 Å². The molecule has 0 unspecified atom stereocenters. The van der Waals surface area contributed by atoms with Crippen LogP contribution < -0.4 is 42.5 Å². The zero-order valence-electron chi connectivity index (χ0n) is 45.0. The Morgan fingerprint density at radius 3 is 0.679 bits per heavy atom. The van der Waals surface area contributed by atoms with E-state index in [9.17, 15) is 38.4 Å². The predicted octanol–water partition coefficient (Wildman–Crippen LogP) is 10.1. The quantitative estimate of drug-likeness (QED) is 0.0331. The average Bonchev–Trinajstić information content (AvgIpc) is 0.988. The van der Waals surface area contributed by atoms with Crippen LogP contribution in [0.5, 0.6) is 0 Å². The van der Waals surface area contributed by atoms with E-state index in [2.05, 4.69) is 42.5 Å². The lowest BCUT2D eigenvalue weighted by Gasteiger charge is -2.25. The molecule has 0 atom stereocenters. The number of carbonyl (C=O) groups is 8. The lowest BCUT2D eigenvalue weighted by molar-refractivity contribution is -0.116. The summed E-state index contributed by atoms with van der Waals surface area (Å²) in [6, 6.07) is 57.1. The molecule has 0 aromatic heterocycles. The Labute approximate surface area is 482 Å². The van der Waals surface area contributed by atoms with Gasteiger partial charge in [-0.15, -0.1) is 0 Å². The van der Waals surface area contributed by atoms with Crippen molar-refractivity contribution in [2.45, 2.75) is 26.4 Å². The normalized spacial score (nSPS) is 10.7. The first-order valence-corrected chi connectivity index (χ1v) is 26.4. The summed E-state index contributed by atoms with van der Waals surface area (Å²) in [5.74, 6) is -2.26. The van der Waals surface area contributed by atoms with Gasteiger partial charge in [-0.1, -0.05) is 146 Å². The summed E-state index contributed by atoms with van der Waals surface area (Å²) in [5.41, 5.74) is 9.18. The number of alkyl carbamates (subject to hydrolysis) is 4. The van der Waals surface area contributed by atoms with Crippen molar-refractivity contribution >= 4 is 70.8 Å². The molecule has 0 radical (unpaired) electrons. The number of carbonyl (C=O) groups excluding carboxylic acids is 8. The molecular formula is C64H56N8O12. The second-order valence-corrected chi connectivity index (χ2v) is 18.9. The highest BCUT2D eigenvalue weighted by Crippen LogP contribution is 2.50. The number of amides is 8. The molecule has 0 saturated heterocycles. The Kier molecular flexibility index (Phi) is 19.3. The van der Waals surface area contributed by atoms with Gasteiger partial charge in [0.2, 0.25) is 23.6 Å². The van der Waals surface area contributed by atoms with Crippen LogP contribution in [0, 0.1) is 0 Å². The molecule has 8 aromatic carbocycles. The van der Waals surface area contributed by atoms with Crippen molar-refractivity contribution in [1.82, 2.24) is 21.3 Å². The van der Waals surface area contributed by atoms with Gasteiger partial charge in [0.05, 0.1) is 0 Å². The van der Waals surface area contributed by atoms with Crippen LogP contribution in [0.3, 0.4) is 0 Å². The highest BCUT2D eigenvalue weighted by atomic mass is 16.6. The molecule has 84 heavy (non-hydrogen) atoms. The van der Waals surface area contributed by atoms with Gasteiger partial charge in [-0.3, -0.25) is 19.2 Å². The summed E-state index contributed by atoms with van der Waals surface area (Å²) in [5, 5.41) is 21.3. The number of anilines is 4. The molecular weight excluding hydrogens is 1070 g/mol. The fourth-order valence-electron chi connectivity index (χ4n) is 8.85. The molecule has 9 rings (SSSR count). The number of hydrogen-bond donors (Lipinski definition) is 8. The molecule has 424 valence electrons. The van der Waals surface area contributed by atoms with E-state index in [1.54, 1.807) is 121 Å². The van der Waals surface area contributed by atoms with E-state index in [4.69, 9.17) is 18.9 Å². The molecule has 20 heteroatoms. The first-order valence-electron chi connectivity index (χ1n) is 26.4. The molecule has 0 fully saturated rings. The largest absolute Gasteiger partial charge is 0.445 e. The maximum Gasteiger partial charge on any atom is 0.407 e. The van der Waals surface area contributed by atoms with Crippen LogP contribution in [-0.2, 0) is 64.6 Å². The summed E-state index contributed by atoms with van der Waals surface area (Å²) >= 11 is 0. The van der Waals surface area contributed by atoms with Gasteiger partial charge in [-0.25, -0.2) is 19.2 Å². The van der Waals surface area contributed by atoms with Crippen molar-refractivity contribution in [3.8, 4) is 44.5 Å². The second kappa shape index (κ2) is 28.2. The number of ether oxygens (including phenoxy) is 4. The Morgan fingerprint density at radius 1 is 0.250 bits per heavy atom. The smallest absolute Gasteiger partial charge is 0.407 e. The van der Waals surface area contributed by atoms with Crippen LogP contribution >= 0.6 is 0 Å². The number of nitrogens with one attached hydrogen (secondary N) is 8. The van der Waals surface area contributed by atoms with Crippen molar-refractivity contribution in [3.05, 3.63) is 216 Å². The van der Waals surface area contributed by atoms with Gasteiger partial charge >= 0.3 is 24.4 Å². The van der Waals surface area contributed by atoms with Gasteiger partial charge in [-0.2, -0.15) is 0 Å². The topological polar surface area (TPSA) is 270 Å². The molecule has 1 aliphatic rings. The molecule has 0 bridgehead atoms. The molecule has 0 spiro atoms. The Bertz CT molecular complexity index is 3700. The first kappa shape index (κ1) is 57.4. The SMILES string of the molecule is O=C(CNC(=O)OCc1ccccc1)Nc1ccc2c(c1)-c1ccc(NC(=O)CNC(=O)OCc3ccccc3)cc1-c1ccc(NC(=O)CNC(=O)OCc3ccccc3)cc1-c1cc(NC(=O)CNC(=O)OCc3ccccc3)ccc1-2. The highest BCUT2D eigenvalue weighted by molar-refractivity contribution is 6.08. The van der Waals surface area contributed by atoms with Crippen LogP contribution in [0.4, 0.5) is 41.9 Å². The molecule has 8 amide bonds. The number of benzene rings is 8. The van der Waals surface area contributed by atoms with Gasteiger partial charge in [0, 0.05) is 22.7 Å². The highest BCUT2D eigenvalue weighted by Gasteiger charge is 2.25. The summed E-state index contributed by atoms with van der Waals surface area (Å²) in [6.07, 6.45) is -3.19. The molecule has 1 aliphatic carbocycles. The molecule has 0 heterocycles. The van der Waals surface area contributed by atoms with Gasteiger partial charge in [0.15, 0.2) is 0 Å². The fourth-order valence-corrected chi connectivity index (χ4v) is 8.85. The van der Waals surface area contributed by atoms with Crippen LogP contribution in [-0.4, -0.2) is 74.2 Å². The summed E-state index contributed by atoms with van der Waals surface area (Å²) in [7, 11) is 0. The zero-order valence-corrected chi connectivity index (χ0v) is 45.0. The third-order valence-electron chi connectivity index (χ3n) is 12.8. The number of fused-ring (bicyclic) bond motifs is 8. The van der Waals surface area contributed by atoms with Crippen LogP contribution in [0.1, 0.15) is 22.3 Å². The van der Waals surface area contributed by atoms with E-state index in [0.717, 1.165) is 22.3 Å². The fraction of sp³-hybridized carbons (Fsp3) is 0.125. The first-order chi connectivity index (χ1) is 40.9. The number of rotatable bonds is 20. The minimum absolute atomic E-state index is 0.00156. The maximum atomic E-state index is 13.5. The van der Waals surface area contributed by atoms with Crippen LogP contribution in [0.2, 0.25) is 0 Å². The standard InChI is InChI=1S/C64H56N8O12/c73-57(33-65-61(77)81-37-41-13-5-1-6-14-41)69-45-21-25-49-50-26-22-47(71-59(75)35-67-63(79)83-39-43-17-9-3-10-18-43)31-55(50)56-32-48(72-60(76)36-68-64(80)84-40-44-19-11-4-12-20-44)24-28-52(56)54-30-46(23-27-51(54)53(49)29-45)70-58(74)34-66-62(78)82-38-42-15-7-2-8-16-42/h1-32H,33-40H2,(H,65,77)(H,66,78)(H,67,79)(H,68,80)(H,69,73)(H,70,74)(H,71,75)(H,72,76). The maximum absolute atomic E-state index is 13.5. The van der Waals surface area contributed by atoms with E-state index >= 15 is 0 Å². The molecule has 0 aliphatic heterocycles. The molecule has 8 aromatic rings. The Morgan fingerprint density at radius 2 is 0.452 bits per heavy atom. The molecule has 0 saturated carbocycles. The molecule has 20 nitrogen and oxygen atoms in total. The average molecular weight is 1130 g/mol. The summed E-state index contributed by atoms with van der Waals surface area (Å²) in [4.78, 5) is 104. The van der Waals surface area contributed by atoms with Gasteiger partial charge in [0.1, 0.15) is 52.6 Å². The van der Waals surface area contributed by atoms with Crippen molar-refractivity contribution in [2.75, 3.05) is 47.4 Å². The minimum atomic E-state index is -0.800. The summed E-state index contributed by atoms with van der Waals surface area (Å²) < 4.78 is 21.2. The van der Waals surface area contributed by atoms with Crippen molar-refractivity contribution in [1.29, 1.82) is 0 Å². The minimum Gasteiger partial charge on any atom is -0.445 e. The van der Waals surface area contributed by atoms with Crippen molar-refractivity contribution < 1.29 is 57.3 Å². The van der Waals surface area contributed by atoms with Crippen LogP contribution in [0.15, 0.2) is 194 Å². The van der Waals surface area contributed by atoms with Gasteiger partial charge in [-0.05, 0) is 115 Å². The van der Waals surface area contributed by atoms with E-state index in [0.29, 0.717) is 67.3 Å². The Balaban J connectivity index is 1.02. The van der Waals surface area contributed by atoms with E-state index in [-0.39, 0.29) is 26.4 Å². The van der Waals surface area contributed by atoms with E-state index in [1.165, 1.54) is 0 Å². The van der Waals surface area contributed by atoms with Crippen molar-refractivity contribution in [3.63, 3.8) is 0 Å². The zero-order chi connectivity index (χ0) is 58.6. The lowest BCUT2D eigenvalue weighted by Crippen LogP contribution is -2.33.